The topological polar surface area (TPSA) is 50.9 Å². The number of nitrogens with zero attached hydrogens (tertiary/aromatic N) is 1. The van der Waals surface area contributed by atoms with Crippen molar-refractivity contribution in [3.8, 4) is 0 Å². The Morgan fingerprint density at radius 3 is 2.79 bits per heavy atom. The van der Waals surface area contributed by atoms with Crippen LogP contribution in [0.1, 0.15) is 32.1 Å². The number of nitrogens with one attached hydrogen (secondary N) is 1. The van der Waals surface area contributed by atoms with Crippen LogP contribution in [0, 0.1) is 5.41 Å². The molecule has 0 aromatic carbocycles. The van der Waals surface area contributed by atoms with Gasteiger partial charge in [0.2, 0.25) is 0 Å². The molecule has 3 N–H and O–H groups in total. The van der Waals surface area contributed by atoms with Crippen molar-refractivity contribution in [3.05, 3.63) is 6.20 Å². The Kier molecular flexibility index (Phi) is 1.74. The lowest BCUT2D eigenvalue weighted by Gasteiger charge is -2.54. The van der Waals surface area contributed by atoms with E-state index in [0.717, 1.165) is 15.5 Å². The van der Waals surface area contributed by atoms with Gasteiger partial charge in [-0.05, 0) is 31.1 Å². The van der Waals surface area contributed by atoms with Crippen LogP contribution < -0.4 is 11.1 Å². The maximum atomic E-state index is 5.62. The quantitative estimate of drug-likeness (QED) is 0.786. The summed E-state index contributed by atoms with van der Waals surface area (Å²) in [5, 5.41) is 5.23. The second kappa shape index (κ2) is 2.86. The van der Waals surface area contributed by atoms with Gasteiger partial charge in [0.15, 0.2) is 5.13 Å². The van der Waals surface area contributed by atoms with Crippen LogP contribution in [0.2, 0.25) is 0 Å². The first-order chi connectivity index (χ1) is 6.76. The molecule has 0 aliphatic heterocycles. The first-order valence-corrected chi connectivity index (χ1v) is 6.05. The van der Waals surface area contributed by atoms with Gasteiger partial charge < -0.3 is 11.1 Å². The zero-order chi connectivity index (χ0) is 9.60. The van der Waals surface area contributed by atoms with E-state index in [-0.39, 0.29) is 0 Å². The smallest absolute Gasteiger partial charge is 0.184 e. The van der Waals surface area contributed by atoms with E-state index in [4.69, 9.17) is 5.73 Å². The summed E-state index contributed by atoms with van der Waals surface area (Å²) in [7, 11) is 0. The fourth-order valence-electron chi connectivity index (χ4n) is 2.70. The van der Waals surface area contributed by atoms with Gasteiger partial charge in [0.1, 0.15) is 5.00 Å². The van der Waals surface area contributed by atoms with E-state index in [2.05, 4.69) is 10.3 Å². The van der Waals surface area contributed by atoms with Crippen molar-refractivity contribution in [2.75, 3.05) is 11.1 Å². The van der Waals surface area contributed by atoms with Gasteiger partial charge in [-0.15, -0.1) is 0 Å². The normalized spacial score (nSPS) is 24.3. The highest BCUT2D eigenvalue weighted by atomic mass is 32.1. The van der Waals surface area contributed by atoms with Gasteiger partial charge in [-0.25, -0.2) is 4.98 Å². The van der Waals surface area contributed by atoms with Crippen molar-refractivity contribution < 1.29 is 0 Å². The zero-order valence-electron chi connectivity index (χ0n) is 8.12. The van der Waals surface area contributed by atoms with Crippen molar-refractivity contribution in [1.29, 1.82) is 0 Å². The number of hydrogen-bond acceptors (Lipinski definition) is 4. The number of aromatic nitrogens is 1. The van der Waals surface area contributed by atoms with E-state index in [1.165, 1.54) is 32.1 Å². The fourth-order valence-corrected chi connectivity index (χ4v) is 3.36. The Bertz CT molecular complexity index is 335. The average Bonchev–Trinajstić information content (AvgIpc) is 2.39. The van der Waals surface area contributed by atoms with Crippen molar-refractivity contribution in [3.63, 3.8) is 0 Å². The highest BCUT2D eigenvalue weighted by molar-refractivity contribution is 7.19. The van der Waals surface area contributed by atoms with Crippen LogP contribution in [0.25, 0.3) is 0 Å². The minimum absolute atomic E-state index is 0.654. The molecule has 0 amide bonds. The number of rotatable bonds is 2. The number of thiazole rings is 1. The minimum Gasteiger partial charge on any atom is -0.389 e. The predicted molar refractivity (Wildman–Crippen MR) is 59.5 cm³/mol. The Morgan fingerprint density at radius 1 is 1.50 bits per heavy atom. The molecule has 1 aromatic rings. The van der Waals surface area contributed by atoms with Crippen LogP contribution in [0.4, 0.5) is 10.1 Å². The largest absolute Gasteiger partial charge is 0.389 e. The van der Waals surface area contributed by atoms with Gasteiger partial charge in [-0.3, -0.25) is 0 Å². The molecule has 2 fully saturated rings. The molecule has 76 valence electrons. The zero-order valence-corrected chi connectivity index (χ0v) is 8.94. The molecule has 1 spiro atoms. The molecule has 0 radical (unpaired) electrons. The molecule has 14 heavy (non-hydrogen) atoms. The van der Waals surface area contributed by atoms with Gasteiger partial charge in [0.25, 0.3) is 0 Å². The van der Waals surface area contributed by atoms with Crippen molar-refractivity contribution >= 4 is 21.5 Å². The lowest BCUT2D eigenvalue weighted by molar-refractivity contribution is 0.0192. The molecule has 0 saturated heterocycles. The predicted octanol–water partition coefficient (Wildman–Crippen LogP) is 2.47. The van der Waals surface area contributed by atoms with Crippen LogP contribution in [-0.2, 0) is 0 Å². The summed E-state index contributed by atoms with van der Waals surface area (Å²) in [6, 6.07) is 0.654. The summed E-state index contributed by atoms with van der Waals surface area (Å²) in [6.45, 7) is 0. The lowest BCUT2D eigenvalue weighted by atomic mass is 9.54. The van der Waals surface area contributed by atoms with Crippen LogP contribution in [0.5, 0.6) is 0 Å². The maximum absolute atomic E-state index is 5.62. The monoisotopic (exact) mass is 209 g/mol. The van der Waals surface area contributed by atoms with Gasteiger partial charge in [0, 0.05) is 6.04 Å². The van der Waals surface area contributed by atoms with Gasteiger partial charge >= 0.3 is 0 Å². The molecule has 3 nitrogen and oxygen atoms in total. The highest BCUT2D eigenvalue weighted by Gasteiger charge is 2.48. The molecule has 0 bridgehead atoms. The van der Waals surface area contributed by atoms with Gasteiger partial charge in [-0.2, -0.15) is 0 Å². The van der Waals surface area contributed by atoms with E-state index in [1.807, 2.05) is 0 Å². The van der Waals surface area contributed by atoms with Crippen molar-refractivity contribution in [1.82, 2.24) is 4.98 Å². The molecule has 1 aromatic heterocycles. The first kappa shape index (κ1) is 8.53. The Hall–Kier alpha value is -0.770. The third kappa shape index (κ3) is 1.29. The van der Waals surface area contributed by atoms with Crippen molar-refractivity contribution in [2.24, 2.45) is 5.41 Å². The van der Waals surface area contributed by atoms with E-state index < -0.39 is 0 Å². The van der Waals surface area contributed by atoms with Crippen LogP contribution in [0.3, 0.4) is 0 Å². The number of hydrogen-bond donors (Lipinski definition) is 2. The Morgan fingerprint density at radius 2 is 2.29 bits per heavy atom. The fraction of sp³-hybridized carbons (Fsp3) is 0.700. The van der Waals surface area contributed by atoms with Crippen LogP contribution >= 0.6 is 11.3 Å². The molecular weight excluding hydrogens is 194 g/mol. The van der Waals surface area contributed by atoms with Crippen LogP contribution in [-0.4, -0.2) is 11.0 Å². The van der Waals surface area contributed by atoms with E-state index in [0.29, 0.717) is 6.04 Å². The average molecular weight is 209 g/mol. The maximum Gasteiger partial charge on any atom is 0.184 e. The van der Waals surface area contributed by atoms with E-state index in [1.54, 1.807) is 17.5 Å². The molecule has 2 saturated carbocycles. The Labute approximate surface area is 87.7 Å². The molecule has 2 aliphatic carbocycles. The van der Waals surface area contributed by atoms with E-state index in [9.17, 15) is 0 Å². The molecule has 0 atom stereocenters. The second-order valence-electron chi connectivity index (χ2n) is 4.67. The Balaban J connectivity index is 1.55. The summed E-state index contributed by atoms with van der Waals surface area (Å²) < 4.78 is 0. The van der Waals surface area contributed by atoms with E-state index >= 15 is 0 Å². The minimum atomic E-state index is 0.654. The summed E-state index contributed by atoms with van der Waals surface area (Å²) in [6.07, 6.45) is 8.75. The van der Waals surface area contributed by atoms with Crippen LogP contribution in [0.15, 0.2) is 6.20 Å². The lowest BCUT2D eigenvalue weighted by Crippen LogP contribution is -2.49. The second-order valence-corrected chi connectivity index (χ2v) is 5.73. The summed E-state index contributed by atoms with van der Waals surface area (Å²) in [5.74, 6) is 0. The number of nitrogen functional groups attached to an aromatic ring is 1. The number of nitrogens with two attached hydrogens (primary N) is 1. The van der Waals surface area contributed by atoms with Gasteiger partial charge in [-0.1, -0.05) is 17.8 Å². The summed E-state index contributed by atoms with van der Waals surface area (Å²) in [5.41, 5.74) is 6.36. The molecule has 1 heterocycles. The third-order valence-electron chi connectivity index (χ3n) is 3.62. The first-order valence-electron chi connectivity index (χ1n) is 5.24. The third-order valence-corrected chi connectivity index (χ3v) is 4.38. The molecule has 2 aliphatic rings. The molecule has 4 heteroatoms. The summed E-state index contributed by atoms with van der Waals surface area (Å²) >= 11 is 1.55. The standard InChI is InChI=1S/C10H15N3S/c11-8-6-12-9(14-8)13-7-4-10(5-7)2-1-3-10/h6-7H,1-5,11H2,(H,12,13). The number of anilines is 2. The molecule has 3 rings (SSSR count). The molecule has 0 unspecified atom stereocenters. The summed E-state index contributed by atoms with van der Waals surface area (Å²) in [4.78, 5) is 4.21. The van der Waals surface area contributed by atoms with Gasteiger partial charge in [0.05, 0.1) is 6.20 Å². The SMILES string of the molecule is Nc1cnc(NC2CC3(CCC3)C2)s1. The molecular formula is C10H15N3S. The van der Waals surface area contributed by atoms with Crippen molar-refractivity contribution in [2.45, 2.75) is 38.1 Å². The highest BCUT2D eigenvalue weighted by Crippen LogP contribution is 2.56.